The molecule has 2 aromatic rings. The zero-order chi connectivity index (χ0) is 14.7. The highest BCUT2D eigenvalue weighted by molar-refractivity contribution is 9.10. The van der Waals surface area contributed by atoms with E-state index >= 15 is 0 Å². The molecular weight excluding hydrogens is 324 g/mol. The van der Waals surface area contributed by atoms with E-state index in [-0.39, 0.29) is 11.1 Å². The quantitative estimate of drug-likeness (QED) is 0.845. The highest BCUT2D eigenvalue weighted by atomic mass is 79.9. The zero-order valence-corrected chi connectivity index (χ0v) is 12.1. The van der Waals surface area contributed by atoms with Gasteiger partial charge in [0, 0.05) is 0 Å². The van der Waals surface area contributed by atoms with Crippen molar-refractivity contribution in [3.63, 3.8) is 0 Å². The number of amides is 1. The molecule has 0 atom stereocenters. The van der Waals surface area contributed by atoms with Gasteiger partial charge in [-0.2, -0.15) is 0 Å². The zero-order valence-electron chi connectivity index (χ0n) is 10.6. The fraction of sp³-hybridized carbons (Fsp3) is 0.0714. The van der Waals surface area contributed by atoms with Crippen molar-refractivity contribution in [2.45, 2.75) is 6.92 Å². The molecule has 102 valence electrons. The lowest BCUT2D eigenvalue weighted by atomic mass is 10.1. The van der Waals surface area contributed by atoms with Gasteiger partial charge < -0.3 is 10.4 Å². The molecule has 0 aliphatic rings. The summed E-state index contributed by atoms with van der Waals surface area (Å²) in [6, 6.07) is 9.46. The van der Waals surface area contributed by atoms with E-state index in [1.807, 2.05) is 0 Å². The lowest BCUT2D eigenvalue weighted by Crippen LogP contribution is -2.17. The summed E-state index contributed by atoms with van der Waals surface area (Å²) in [6.45, 7) is 1.75. The number of aryl methyl sites for hydroxylation is 1. The van der Waals surface area contributed by atoms with E-state index in [0.29, 0.717) is 16.0 Å². The fourth-order valence-corrected chi connectivity index (χ4v) is 2.12. The first kappa shape index (κ1) is 14.2. The largest absolute Gasteiger partial charge is 0.478 e. The number of nitrogens with zero attached hydrogens (tertiary/aromatic N) is 1. The number of rotatable bonds is 3. The minimum absolute atomic E-state index is 0.0345. The smallest absolute Gasteiger partial charge is 0.336 e. The van der Waals surface area contributed by atoms with Crippen LogP contribution in [0.1, 0.15) is 26.4 Å². The number of carbonyl (C=O) groups is 2. The third-order valence-electron chi connectivity index (χ3n) is 2.70. The first-order valence-electron chi connectivity index (χ1n) is 5.76. The number of carbonyl (C=O) groups excluding carboxylic acids is 1. The van der Waals surface area contributed by atoms with Crippen LogP contribution in [0.2, 0.25) is 0 Å². The molecule has 0 spiro atoms. The second-order valence-electron chi connectivity index (χ2n) is 4.07. The third-order valence-corrected chi connectivity index (χ3v) is 3.14. The maximum Gasteiger partial charge on any atom is 0.336 e. The number of hydrogen-bond donors (Lipinski definition) is 2. The van der Waals surface area contributed by atoms with Gasteiger partial charge in [-0.3, -0.25) is 4.79 Å². The average molecular weight is 335 g/mol. The molecule has 20 heavy (non-hydrogen) atoms. The maximum atomic E-state index is 12.2. The van der Waals surface area contributed by atoms with Crippen molar-refractivity contribution in [2.24, 2.45) is 0 Å². The van der Waals surface area contributed by atoms with E-state index in [9.17, 15) is 9.59 Å². The van der Waals surface area contributed by atoms with Crippen molar-refractivity contribution in [1.29, 1.82) is 0 Å². The minimum atomic E-state index is -1.14. The molecular formula is C14H11BrN2O3. The van der Waals surface area contributed by atoms with Gasteiger partial charge in [0.15, 0.2) is 0 Å². The molecule has 1 amide bonds. The SMILES string of the molecule is Cc1nc(Br)ccc1NC(=O)c1ccccc1C(=O)O. The minimum Gasteiger partial charge on any atom is -0.478 e. The summed E-state index contributed by atoms with van der Waals surface area (Å²) >= 11 is 3.24. The van der Waals surface area contributed by atoms with Crippen molar-refractivity contribution in [2.75, 3.05) is 5.32 Å². The molecule has 0 bridgehead atoms. The summed E-state index contributed by atoms with van der Waals surface area (Å²) < 4.78 is 0.666. The van der Waals surface area contributed by atoms with Crippen LogP contribution in [-0.4, -0.2) is 22.0 Å². The Kier molecular flexibility index (Phi) is 4.14. The van der Waals surface area contributed by atoms with Crippen LogP contribution in [0, 0.1) is 6.92 Å². The van der Waals surface area contributed by atoms with Gasteiger partial charge in [-0.25, -0.2) is 9.78 Å². The lowest BCUT2D eigenvalue weighted by molar-refractivity contribution is 0.0692. The van der Waals surface area contributed by atoms with Gasteiger partial charge in [-0.05, 0) is 47.1 Å². The predicted molar refractivity (Wildman–Crippen MR) is 78.0 cm³/mol. The van der Waals surface area contributed by atoms with Crippen LogP contribution in [0.25, 0.3) is 0 Å². The summed E-state index contributed by atoms with van der Waals surface area (Å²) in [7, 11) is 0. The summed E-state index contributed by atoms with van der Waals surface area (Å²) in [5.41, 5.74) is 1.26. The van der Waals surface area contributed by atoms with Crippen LogP contribution in [0.15, 0.2) is 41.0 Å². The van der Waals surface area contributed by atoms with Crippen LogP contribution in [0.4, 0.5) is 5.69 Å². The van der Waals surface area contributed by atoms with Gasteiger partial charge in [-0.15, -0.1) is 0 Å². The van der Waals surface area contributed by atoms with Crippen LogP contribution in [0.5, 0.6) is 0 Å². The van der Waals surface area contributed by atoms with Gasteiger partial charge in [0.25, 0.3) is 5.91 Å². The number of pyridine rings is 1. The molecule has 6 heteroatoms. The number of benzene rings is 1. The molecule has 1 heterocycles. The Labute approximate surface area is 123 Å². The maximum absolute atomic E-state index is 12.2. The number of carboxylic acid groups (broad SMARTS) is 1. The number of hydrogen-bond acceptors (Lipinski definition) is 3. The van der Waals surface area contributed by atoms with E-state index in [0.717, 1.165) is 0 Å². The molecule has 0 saturated carbocycles. The monoisotopic (exact) mass is 334 g/mol. The third kappa shape index (κ3) is 3.03. The molecule has 2 rings (SSSR count). The Morgan fingerprint density at radius 3 is 2.40 bits per heavy atom. The Hall–Kier alpha value is -2.21. The normalized spacial score (nSPS) is 10.1. The van der Waals surface area contributed by atoms with E-state index in [2.05, 4.69) is 26.2 Å². The first-order valence-corrected chi connectivity index (χ1v) is 6.55. The summed E-state index contributed by atoms with van der Waals surface area (Å²) in [5.74, 6) is -1.61. The topological polar surface area (TPSA) is 79.3 Å². The van der Waals surface area contributed by atoms with Crippen LogP contribution in [-0.2, 0) is 0 Å². The lowest BCUT2D eigenvalue weighted by Gasteiger charge is -2.09. The van der Waals surface area contributed by atoms with Crippen molar-refractivity contribution < 1.29 is 14.7 Å². The molecule has 1 aromatic carbocycles. The summed E-state index contributed by atoms with van der Waals surface area (Å²) in [5, 5.41) is 11.7. The molecule has 1 aromatic heterocycles. The highest BCUT2D eigenvalue weighted by Gasteiger charge is 2.16. The number of carboxylic acids is 1. The first-order chi connectivity index (χ1) is 9.49. The Bertz CT molecular complexity index is 686. The van der Waals surface area contributed by atoms with E-state index in [4.69, 9.17) is 5.11 Å². The number of nitrogens with one attached hydrogen (secondary N) is 1. The Balaban J connectivity index is 2.31. The van der Waals surface area contributed by atoms with Gasteiger partial charge in [0.05, 0.1) is 22.5 Å². The van der Waals surface area contributed by atoms with Gasteiger partial charge in [-0.1, -0.05) is 12.1 Å². The number of anilines is 1. The van der Waals surface area contributed by atoms with Crippen LogP contribution < -0.4 is 5.32 Å². The number of halogens is 1. The van der Waals surface area contributed by atoms with Crippen LogP contribution in [0.3, 0.4) is 0 Å². The average Bonchev–Trinajstić information content (AvgIpc) is 2.41. The van der Waals surface area contributed by atoms with E-state index in [1.165, 1.54) is 12.1 Å². The Morgan fingerprint density at radius 1 is 1.15 bits per heavy atom. The van der Waals surface area contributed by atoms with Gasteiger partial charge in [0.2, 0.25) is 0 Å². The molecule has 2 N–H and O–H groups in total. The molecule has 0 radical (unpaired) electrons. The van der Waals surface area contributed by atoms with E-state index in [1.54, 1.807) is 31.2 Å². The summed E-state index contributed by atoms with van der Waals surface area (Å²) in [4.78, 5) is 27.4. The fourth-order valence-electron chi connectivity index (χ4n) is 1.72. The second-order valence-corrected chi connectivity index (χ2v) is 4.88. The van der Waals surface area contributed by atoms with Crippen LogP contribution >= 0.6 is 15.9 Å². The molecule has 0 saturated heterocycles. The van der Waals surface area contributed by atoms with Crippen molar-refractivity contribution in [1.82, 2.24) is 4.98 Å². The molecule has 5 nitrogen and oxygen atoms in total. The number of aromatic carboxylic acids is 1. The predicted octanol–water partition coefficient (Wildman–Crippen LogP) is 3.10. The molecule has 0 aliphatic carbocycles. The van der Waals surface area contributed by atoms with E-state index < -0.39 is 11.9 Å². The number of aromatic nitrogens is 1. The standard InChI is InChI=1S/C14H11BrN2O3/c1-8-11(6-7-12(15)16-8)17-13(18)9-4-2-3-5-10(9)14(19)20/h2-7H,1H3,(H,17,18)(H,19,20). The molecule has 0 fully saturated rings. The second kappa shape index (κ2) is 5.83. The molecule has 0 unspecified atom stereocenters. The van der Waals surface area contributed by atoms with Gasteiger partial charge >= 0.3 is 5.97 Å². The Morgan fingerprint density at radius 2 is 1.80 bits per heavy atom. The summed E-state index contributed by atoms with van der Waals surface area (Å²) in [6.07, 6.45) is 0. The van der Waals surface area contributed by atoms with Crippen molar-refractivity contribution in [3.05, 3.63) is 57.8 Å². The molecule has 0 aliphatic heterocycles. The van der Waals surface area contributed by atoms with Crippen molar-refractivity contribution in [3.8, 4) is 0 Å². The van der Waals surface area contributed by atoms with Crippen molar-refractivity contribution >= 4 is 33.5 Å². The highest BCUT2D eigenvalue weighted by Crippen LogP contribution is 2.18. The van der Waals surface area contributed by atoms with Gasteiger partial charge in [0.1, 0.15) is 4.60 Å².